The second kappa shape index (κ2) is 7.07. The highest BCUT2D eigenvalue weighted by atomic mass is 79.9. The molecule has 0 bridgehead atoms. The Balaban J connectivity index is 0.00000182. The molecule has 2 aromatic carbocycles. The Morgan fingerprint density at radius 1 is 0.960 bits per heavy atom. The normalized spacial score (nSPS) is 10.6. The molecule has 0 saturated heterocycles. The van der Waals surface area contributed by atoms with Gasteiger partial charge in [-0.1, -0.05) is 12.1 Å². The van der Waals surface area contributed by atoms with E-state index in [1.54, 1.807) is 6.20 Å². The molecule has 3 nitrogen and oxygen atoms in total. The molecule has 4 aromatic rings. The number of carbonyl (C=O) groups excluding carboxylic acids is 1. The van der Waals surface area contributed by atoms with Gasteiger partial charge in [0.15, 0.2) is 6.20 Å². The third-order valence-electron chi connectivity index (χ3n) is 4.09. The third kappa shape index (κ3) is 3.28. The molecule has 5 heteroatoms. The summed E-state index contributed by atoms with van der Waals surface area (Å²) in [7, 11) is 0. The van der Waals surface area contributed by atoms with E-state index in [1.165, 1.54) is 24.3 Å². The minimum Gasteiger partial charge on any atom is -1.00 e. The van der Waals surface area contributed by atoms with Crippen LogP contribution in [0.25, 0.3) is 21.8 Å². The molecule has 0 aliphatic carbocycles. The number of hydrogen-bond acceptors (Lipinski definition) is 2. The van der Waals surface area contributed by atoms with Crippen LogP contribution in [0.3, 0.4) is 0 Å². The van der Waals surface area contributed by atoms with E-state index >= 15 is 0 Å². The molecule has 2 heterocycles. The fraction of sp³-hybridized carbons (Fsp3) is 0.0500. The van der Waals surface area contributed by atoms with E-state index in [2.05, 4.69) is 4.98 Å². The van der Waals surface area contributed by atoms with Gasteiger partial charge in [-0.3, -0.25) is 4.79 Å². The SMILES string of the molecule is O=C(C[n+]1cccc2ccc3cccnc3c21)c1ccc(F)cc1.[Br-]. The molecule has 0 aliphatic rings. The maximum absolute atomic E-state index is 13.0. The largest absolute Gasteiger partial charge is 1.00 e. The lowest BCUT2D eigenvalue weighted by Gasteiger charge is -2.04. The van der Waals surface area contributed by atoms with Crippen molar-refractivity contribution in [3.05, 3.63) is 84.4 Å². The Morgan fingerprint density at radius 3 is 2.48 bits per heavy atom. The van der Waals surface area contributed by atoms with Crippen molar-refractivity contribution in [2.75, 3.05) is 0 Å². The number of halogens is 2. The highest BCUT2D eigenvalue weighted by Gasteiger charge is 2.18. The van der Waals surface area contributed by atoms with Crippen LogP contribution in [-0.2, 0) is 6.54 Å². The minimum absolute atomic E-state index is 0. The molecule has 0 saturated carbocycles. The van der Waals surface area contributed by atoms with E-state index in [-0.39, 0.29) is 35.1 Å². The summed E-state index contributed by atoms with van der Waals surface area (Å²) in [6.07, 6.45) is 3.62. The fourth-order valence-electron chi connectivity index (χ4n) is 2.92. The van der Waals surface area contributed by atoms with E-state index in [0.717, 1.165) is 21.8 Å². The second-order valence-electron chi connectivity index (χ2n) is 5.64. The molecule has 2 aromatic heterocycles. The van der Waals surface area contributed by atoms with Gasteiger partial charge in [-0.15, -0.1) is 0 Å². The van der Waals surface area contributed by atoms with Crippen molar-refractivity contribution in [2.45, 2.75) is 6.54 Å². The number of carbonyl (C=O) groups is 1. The van der Waals surface area contributed by atoms with Crippen LogP contribution in [0.2, 0.25) is 0 Å². The molecule has 0 amide bonds. The quantitative estimate of drug-likeness (QED) is 0.290. The minimum atomic E-state index is -0.348. The molecule has 25 heavy (non-hydrogen) atoms. The average Bonchev–Trinajstić information content (AvgIpc) is 2.62. The van der Waals surface area contributed by atoms with Gasteiger partial charge in [-0.05, 0) is 42.5 Å². The number of aromatic nitrogens is 2. The summed E-state index contributed by atoms with van der Waals surface area (Å²) < 4.78 is 14.9. The lowest BCUT2D eigenvalue weighted by Crippen LogP contribution is -3.00. The zero-order valence-electron chi connectivity index (χ0n) is 13.2. The predicted molar refractivity (Wildman–Crippen MR) is 90.2 cm³/mol. The number of Topliss-reactive ketones (excluding diaryl/α,β-unsaturated/α-hetero) is 1. The van der Waals surface area contributed by atoms with E-state index in [4.69, 9.17) is 0 Å². The van der Waals surface area contributed by atoms with Crippen molar-refractivity contribution in [3.63, 3.8) is 0 Å². The van der Waals surface area contributed by atoms with Gasteiger partial charge in [0.25, 0.3) is 0 Å². The number of pyridine rings is 2. The van der Waals surface area contributed by atoms with Crippen LogP contribution in [0, 0.1) is 5.82 Å². The summed E-state index contributed by atoms with van der Waals surface area (Å²) in [4.78, 5) is 17.0. The number of nitrogens with zero attached hydrogens (tertiary/aromatic N) is 2. The van der Waals surface area contributed by atoms with Crippen molar-refractivity contribution in [1.82, 2.24) is 4.98 Å². The fourth-order valence-corrected chi connectivity index (χ4v) is 2.92. The summed E-state index contributed by atoms with van der Waals surface area (Å²) in [5, 5.41) is 2.05. The maximum Gasteiger partial charge on any atom is 0.239 e. The van der Waals surface area contributed by atoms with Gasteiger partial charge in [0.05, 0.1) is 0 Å². The maximum atomic E-state index is 13.0. The molecular weight excluding hydrogens is 383 g/mol. The molecule has 0 fully saturated rings. The van der Waals surface area contributed by atoms with Gasteiger partial charge >= 0.3 is 0 Å². The molecule has 0 spiro atoms. The van der Waals surface area contributed by atoms with Crippen LogP contribution in [0.5, 0.6) is 0 Å². The first-order chi connectivity index (χ1) is 11.7. The molecule has 0 unspecified atom stereocenters. The average molecular weight is 397 g/mol. The lowest BCUT2D eigenvalue weighted by molar-refractivity contribution is -0.656. The van der Waals surface area contributed by atoms with Gasteiger partial charge in [0, 0.05) is 28.6 Å². The molecular formula is C20H14BrFN2O. The van der Waals surface area contributed by atoms with Crippen LogP contribution < -0.4 is 21.5 Å². The van der Waals surface area contributed by atoms with Gasteiger partial charge in [0.2, 0.25) is 17.8 Å². The predicted octanol–water partition coefficient (Wildman–Crippen LogP) is 0.701. The highest BCUT2D eigenvalue weighted by molar-refractivity contribution is 6.01. The number of rotatable bonds is 3. The van der Waals surface area contributed by atoms with Crippen molar-refractivity contribution in [1.29, 1.82) is 0 Å². The highest BCUT2D eigenvalue weighted by Crippen LogP contribution is 2.20. The lowest BCUT2D eigenvalue weighted by atomic mass is 10.1. The van der Waals surface area contributed by atoms with Gasteiger partial charge < -0.3 is 17.0 Å². The number of ketones is 1. The van der Waals surface area contributed by atoms with Crippen molar-refractivity contribution < 1.29 is 30.7 Å². The van der Waals surface area contributed by atoms with Crippen LogP contribution in [0.1, 0.15) is 10.4 Å². The molecule has 4 rings (SSSR count). The zero-order valence-corrected chi connectivity index (χ0v) is 14.8. The monoisotopic (exact) mass is 396 g/mol. The second-order valence-corrected chi connectivity index (χ2v) is 5.64. The number of fused-ring (bicyclic) bond motifs is 3. The number of benzene rings is 2. The topological polar surface area (TPSA) is 33.8 Å². The summed E-state index contributed by atoms with van der Waals surface area (Å²) in [5.41, 5.74) is 2.28. The van der Waals surface area contributed by atoms with Gasteiger partial charge in [0.1, 0.15) is 11.3 Å². The smallest absolute Gasteiger partial charge is 0.239 e. The summed E-state index contributed by atoms with van der Waals surface area (Å²) in [5.74, 6) is -0.417. The van der Waals surface area contributed by atoms with Crippen LogP contribution >= 0.6 is 0 Å². The first kappa shape index (κ1) is 17.2. The van der Waals surface area contributed by atoms with Crippen LogP contribution in [0.15, 0.2) is 73.1 Å². The third-order valence-corrected chi connectivity index (χ3v) is 4.09. The molecule has 0 N–H and O–H groups in total. The Labute approximate surface area is 154 Å². The Hall–Kier alpha value is -2.66. The number of hydrogen-bond donors (Lipinski definition) is 0. The van der Waals surface area contributed by atoms with E-state index in [9.17, 15) is 9.18 Å². The molecule has 0 radical (unpaired) electrons. The van der Waals surface area contributed by atoms with Crippen LogP contribution in [0.4, 0.5) is 4.39 Å². The Kier molecular flexibility index (Phi) is 4.86. The van der Waals surface area contributed by atoms with Crippen molar-refractivity contribution >= 4 is 27.6 Å². The first-order valence-electron chi connectivity index (χ1n) is 7.67. The first-order valence-corrected chi connectivity index (χ1v) is 7.67. The zero-order chi connectivity index (χ0) is 16.5. The van der Waals surface area contributed by atoms with Crippen LogP contribution in [-0.4, -0.2) is 10.8 Å². The van der Waals surface area contributed by atoms with Crippen molar-refractivity contribution in [3.8, 4) is 0 Å². The van der Waals surface area contributed by atoms with Crippen molar-refractivity contribution in [2.24, 2.45) is 0 Å². The van der Waals surface area contributed by atoms with E-state index in [1.807, 2.05) is 47.2 Å². The van der Waals surface area contributed by atoms with Gasteiger partial charge in [-0.25, -0.2) is 9.37 Å². The standard InChI is InChI=1S/C20H14FN2O.BrH/c21-17-9-7-14(8-10-17)18(24)13-23-12-2-4-16-6-5-15-3-1-11-22-19(15)20(16)23;/h1-12H,13H2;1H/q+1;/p-1. The van der Waals surface area contributed by atoms with E-state index in [0.29, 0.717) is 5.56 Å². The van der Waals surface area contributed by atoms with E-state index < -0.39 is 0 Å². The summed E-state index contributed by atoms with van der Waals surface area (Å²) in [6, 6.07) is 17.5. The Morgan fingerprint density at radius 2 is 1.68 bits per heavy atom. The summed E-state index contributed by atoms with van der Waals surface area (Å²) >= 11 is 0. The molecule has 124 valence electrons. The molecule has 0 aliphatic heterocycles. The molecule has 0 atom stereocenters. The van der Waals surface area contributed by atoms with Gasteiger partial charge in [-0.2, -0.15) is 4.57 Å². The Bertz CT molecular complexity index is 1060. The summed E-state index contributed by atoms with van der Waals surface area (Å²) in [6.45, 7) is 0.179.